The first-order valence-electron chi connectivity index (χ1n) is 5.22. The molecule has 1 aromatic rings. The minimum atomic E-state index is -0.0221. The Kier molecular flexibility index (Phi) is 3.23. The first-order valence-corrected chi connectivity index (χ1v) is 5.22. The maximum absolute atomic E-state index is 9.24. The fraction of sp³-hybridized carbons (Fsp3) is 0.500. The highest BCUT2D eigenvalue weighted by atomic mass is 16.5. The number of methoxy groups -OCH3 is 1. The Morgan fingerprint density at radius 1 is 1.47 bits per heavy atom. The van der Waals surface area contributed by atoms with E-state index < -0.39 is 0 Å². The van der Waals surface area contributed by atoms with Crippen molar-refractivity contribution in [2.24, 2.45) is 5.92 Å². The number of hydrogen-bond donors (Lipinski definition) is 1. The van der Waals surface area contributed by atoms with E-state index in [0.717, 1.165) is 17.7 Å². The molecule has 0 bridgehead atoms. The molecule has 2 rings (SSSR count). The summed E-state index contributed by atoms with van der Waals surface area (Å²) in [5.74, 6) is 1.03. The zero-order valence-corrected chi connectivity index (χ0v) is 8.85. The number of aliphatic hydroxyl groups excluding tert-OH is 1. The SMILES string of the molecule is COc1ccccc1[C@H]1OCC[C@@H]1CO. The summed E-state index contributed by atoms with van der Waals surface area (Å²) < 4.78 is 10.9. The van der Waals surface area contributed by atoms with E-state index in [1.807, 2.05) is 24.3 Å². The first-order chi connectivity index (χ1) is 7.36. The summed E-state index contributed by atoms with van der Waals surface area (Å²) in [4.78, 5) is 0. The molecule has 1 aromatic carbocycles. The monoisotopic (exact) mass is 208 g/mol. The number of ether oxygens (including phenoxy) is 2. The molecule has 0 spiro atoms. The predicted molar refractivity (Wildman–Crippen MR) is 56.9 cm³/mol. The average Bonchev–Trinajstić information content (AvgIpc) is 2.76. The van der Waals surface area contributed by atoms with E-state index in [4.69, 9.17) is 9.47 Å². The Balaban J connectivity index is 2.27. The quantitative estimate of drug-likeness (QED) is 0.822. The van der Waals surface area contributed by atoms with Crippen molar-refractivity contribution in [2.75, 3.05) is 20.3 Å². The predicted octanol–water partition coefficient (Wildman–Crippen LogP) is 1.77. The second kappa shape index (κ2) is 4.64. The van der Waals surface area contributed by atoms with Crippen LogP contribution < -0.4 is 4.74 Å². The van der Waals surface area contributed by atoms with Gasteiger partial charge in [0.15, 0.2) is 0 Å². The Morgan fingerprint density at radius 2 is 2.27 bits per heavy atom. The Hall–Kier alpha value is -1.06. The van der Waals surface area contributed by atoms with Crippen LogP contribution in [0.3, 0.4) is 0 Å². The van der Waals surface area contributed by atoms with Crippen LogP contribution in [-0.4, -0.2) is 25.4 Å². The van der Waals surface area contributed by atoms with Gasteiger partial charge in [0.25, 0.3) is 0 Å². The molecule has 3 nitrogen and oxygen atoms in total. The second-order valence-electron chi connectivity index (χ2n) is 3.76. The molecule has 0 radical (unpaired) electrons. The highest BCUT2D eigenvalue weighted by Gasteiger charge is 2.30. The smallest absolute Gasteiger partial charge is 0.124 e. The molecule has 0 unspecified atom stereocenters. The molecule has 0 aromatic heterocycles. The number of rotatable bonds is 3. The summed E-state index contributed by atoms with van der Waals surface area (Å²) in [5, 5.41) is 9.24. The summed E-state index contributed by atoms with van der Waals surface area (Å²) in [6, 6.07) is 7.82. The van der Waals surface area contributed by atoms with Gasteiger partial charge in [0, 0.05) is 24.7 Å². The van der Waals surface area contributed by atoms with E-state index in [1.165, 1.54) is 0 Å². The van der Waals surface area contributed by atoms with Gasteiger partial charge in [0.1, 0.15) is 5.75 Å². The van der Waals surface area contributed by atoms with Gasteiger partial charge in [-0.1, -0.05) is 18.2 Å². The van der Waals surface area contributed by atoms with Crippen LogP contribution in [0.4, 0.5) is 0 Å². The lowest BCUT2D eigenvalue weighted by Crippen LogP contribution is -2.12. The van der Waals surface area contributed by atoms with Gasteiger partial charge >= 0.3 is 0 Å². The van der Waals surface area contributed by atoms with E-state index >= 15 is 0 Å². The Labute approximate surface area is 89.6 Å². The molecule has 0 saturated carbocycles. The van der Waals surface area contributed by atoms with Crippen LogP contribution in [0.5, 0.6) is 5.75 Å². The molecule has 1 N–H and O–H groups in total. The maximum atomic E-state index is 9.24. The van der Waals surface area contributed by atoms with Gasteiger partial charge in [-0.25, -0.2) is 0 Å². The third-order valence-corrected chi connectivity index (χ3v) is 2.89. The molecular weight excluding hydrogens is 192 g/mol. The van der Waals surface area contributed by atoms with Crippen LogP contribution in [0, 0.1) is 5.92 Å². The van der Waals surface area contributed by atoms with Crippen molar-refractivity contribution >= 4 is 0 Å². The third kappa shape index (κ3) is 1.98. The normalized spacial score (nSPS) is 25.5. The number of benzene rings is 1. The van der Waals surface area contributed by atoms with Crippen LogP contribution in [0.1, 0.15) is 18.1 Å². The third-order valence-electron chi connectivity index (χ3n) is 2.89. The topological polar surface area (TPSA) is 38.7 Å². The van der Waals surface area contributed by atoms with Gasteiger partial charge in [0.2, 0.25) is 0 Å². The molecule has 2 atom stereocenters. The Bertz CT molecular complexity index is 324. The summed E-state index contributed by atoms with van der Waals surface area (Å²) in [6.07, 6.45) is 0.894. The zero-order valence-electron chi connectivity index (χ0n) is 8.85. The van der Waals surface area contributed by atoms with E-state index in [0.29, 0.717) is 6.61 Å². The number of hydrogen-bond acceptors (Lipinski definition) is 3. The number of aliphatic hydroxyl groups is 1. The molecule has 3 heteroatoms. The van der Waals surface area contributed by atoms with Crippen molar-refractivity contribution in [1.82, 2.24) is 0 Å². The zero-order chi connectivity index (χ0) is 10.7. The molecule has 1 aliphatic heterocycles. The molecular formula is C12H16O3. The average molecular weight is 208 g/mol. The minimum Gasteiger partial charge on any atom is -0.496 e. The summed E-state index contributed by atoms with van der Waals surface area (Å²) in [7, 11) is 1.65. The minimum absolute atomic E-state index is 0.0221. The van der Waals surface area contributed by atoms with E-state index in [2.05, 4.69) is 0 Å². The van der Waals surface area contributed by atoms with Gasteiger partial charge in [-0.05, 0) is 12.5 Å². The van der Waals surface area contributed by atoms with Gasteiger partial charge in [0.05, 0.1) is 13.2 Å². The highest BCUT2D eigenvalue weighted by molar-refractivity contribution is 5.35. The van der Waals surface area contributed by atoms with Crippen molar-refractivity contribution < 1.29 is 14.6 Å². The highest BCUT2D eigenvalue weighted by Crippen LogP contribution is 2.38. The van der Waals surface area contributed by atoms with Gasteiger partial charge in [-0.2, -0.15) is 0 Å². The molecule has 15 heavy (non-hydrogen) atoms. The van der Waals surface area contributed by atoms with E-state index in [1.54, 1.807) is 7.11 Å². The standard InChI is InChI=1S/C12H16O3/c1-14-11-5-3-2-4-10(11)12-9(8-13)6-7-15-12/h2-5,9,12-13H,6-8H2,1H3/t9-,12+/m1/s1. The lowest BCUT2D eigenvalue weighted by Gasteiger charge is -2.19. The van der Waals surface area contributed by atoms with Crippen LogP contribution >= 0.6 is 0 Å². The first kappa shape index (κ1) is 10.5. The molecule has 1 aliphatic rings. The fourth-order valence-electron chi connectivity index (χ4n) is 2.07. The van der Waals surface area contributed by atoms with Crippen molar-refractivity contribution in [3.63, 3.8) is 0 Å². The molecule has 1 fully saturated rings. The summed E-state index contributed by atoms with van der Waals surface area (Å²) >= 11 is 0. The van der Waals surface area contributed by atoms with Crippen LogP contribution in [0.2, 0.25) is 0 Å². The van der Waals surface area contributed by atoms with Gasteiger partial charge in [-0.15, -0.1) is 0 Å². The molecule has 0 aliphatic carbocycles. The second-order valence-corrected chi connectivity index (χ2v) is 3.76. The largest absolute Gasteiger partial charge is 0.496 e. The fourth-order valence-corrected chi connectivity index (χ4v) is 2.07. The molecule has 1 saturated heterocycles. The summed E-state index contributed by atoms with van der Waals surface area (Å²) in [5.41, 5.74) is 1.04. The summed E-state index contributed by atoms with van der Waals surface area (Å²) in [6.45, 7) is 0.886. The van der Waals surface area contributed by atoms with E-state index in [-0.39, 0.29) is 18.6 Å². The lowest BCUT2D eigenvalue weighted by molar-refractivity contribution is 0.0701. The molecule has 82 valence electrons. The van der Waals surface area contributed by atoms with Gasteiger partial charge in [-0.3, -0.25) is 0 Å². The van der Waals surface area contributed by atoms with Gasteiger partial charge < -0.3 is 14.6 Å². The lowest BCUT2D eigenvalue weighted by atomic mass is 9.95. The Morgan fingerprint density at radius 3 is 3.00 bits per heavy atom. The van der Waals surface area contributed by atoms with Crippen molar-refractivity contribution in [3.8, 4) is 5.75 Å². The molecule has 1 heterocycles. The van der Waals surface area contributed by atoms with E-state index in [9.17, 15) is 5.11 Å². The van der Waals surface area contributed by atoms with Crippen LogP contribution in [-0.2, 0) is 4.74 Å². The molecule has 0 amide bonds. The maximum Gasteiger partial charge on any atom is 0.124 e. The number of para-hydroxylation sites is 1. The van der Waals surface area contributed by atoms with Crippen molar-refractivity contribution in [3.05, 3.63) is 29.8 Å². The van der Waals surface area contributed by atoms with Crippen molar-refractivity contribution in [1.29, 1.82) is 0 Å². The van der Waals surface area contributed by atoms with Crippen LogP contribution in [0.15, 0.2) is 24.3 Å². The van der Waals surface area contributed by atoms with Crippen LogP contribution in [0.25, 0.3) is 0 Å². The van der Waals surface area contributed by atoms with Crippen molar-refractivity contribution in [2.45, 2.75) is 12.5 Å².